The van der Waals surface area contributed by atoms with E-state index in [1.807, 2.05) is 0 Å². The van der Waals surface area contributed by atoms with Crippen molar-refractivity contribution in [3.63, 3.8) is 0 Å². The molecule has 8 atom stereocenters. The van der Waals surface area contributed by atoms with Gasteiger partial charge in [0.1, 0.15) is 0 Å². The SMILES string of the molecule is Cn1c(=O)n2n(c1=O)[C@@H]1[C@@H]3[C@H]4[C@H]3[C@H]3[C@@]5(C=CC(=O)C[C@]135)[C@H]42. The van der Waals surface area contributed by atoms with Gasteiger partial charge in [0.15, 0.2) is 5.78 Å². The number of hydrogen-bond acceptors (Lipinski definition) is 3. The fourth-order valence-corrected chi connectivity index (χ4v) is 7.67. The van der Waals surface area contributed by atoms with Crippen LogP contribution in [-0.2, 0) is 11.8 Å². The van der Waals surface area contributed by atoms with Crippen molar-refractivity contribution in [1.29, 1.82) is 0 Å². The van der Waals surface area contributed by atoms with Gasteiger partial charge in [-0.05, 0) is 29.7 Å². The maximum absolute atomic E-state index is 12.5. The normalized spacial score (nSPS) is 58.2. The van der Waals surface area contributed by atoms with Crippen molar-refractivity contribution in [2.45, 2.75) is 18.5 Å². The van der Waals surface area contributed by atoms with Crippen LogP contribution in [0.1, 0.15) is 18.5 Å². The number of rotatable bonds is 0. The van der Waals surface area contributed by atoms with Crippen molar-refractivity contribution in [3.8, 4) is 0 Å². The molecule has 8 rings (SSSR count). The molecule has 3 heterocycles. The fourth-order valence-electron chi connectivity index (χ4n) is 7.67. The molecule has 2 bridgehead atoms. The van der Waals surface area contributed by atoms with Crippen LogP contribution in [0.25, 0.3) is 0 Å². The molecule has 5 aliphatic carbocycles. The largest absolute Gasteiger partial charge is 0.347 e. The Balaban J connectivity index is 1.68. The highest BCUT2D eigenvalue weighted by Gasteiger charge is 3.03. The van der Waals surface area contributed by atoms with Crippen LogP contribution in [0.15, 0.2) is 21.7 Å². The standard InChI is InChI=1S/C15H13N3O3/c1-16-12(20)17-10-7-6-8(7)11(18(17)13(16)21)15-4-5(19)2-3-14(10,15)9(6)15/h2-3,6-11H,4H2,1H3/t6-,7-,8+,9+,10+,11-,14+,15-/m1/s1. The second-order valence-corrected chi connectivity index (χ2v) is 7.86. The summed E-state index contributed by atoms with van der Waals surface area (Å²) in [6.45, 7) is 0. The van der Waals surface area contributed by atoms with E-state index in [0.717, 1.165) is 0 Å². The van der Waals surface area contributed by atoms with Crippen LogP contribution in [-0.4, -0.2) is 19.7 Å². The summed E-state index contributed by atoms with van der Waals surface area (Å²) in [5.41, 5.74) is -0.407. The van der Waals surface area contributed by atoms with Gasteiger partial charge in [-0.15, -0.1) is 0 Å². The van der Waals surface area contributed by atoms with Gasteiger partial charge in [-0.2, -0.15) is 0 Å². The fraction of sp³-hybridized carbons (Fsp3) is 0.667. The van der Waals surface area contributed by atoms with E-state index in [1.54, 1.807) is 22.5 Å². The third-order valence-corrected chi connectivity index (χ3v) is 7.85. The molecule has 106 valence electrons. The minimum Gasteiger partial charge on any atom is -0.295 e. The molecule has 6 nitrogen and oxygen atoms in total. The first-order valence-electron chi connectivity index (χ1n) is 7.69. The third kappa shape index (κ3) is 0.582. The molecule has 0 N–H and O–H groups in total. The summed E-state index contributed by atoms with van der Waals surface area (Å²) in [5.74, 6) is 2.48. The molecule has 0 saturated heterocycles. The smallest absolute Gasteiger partial charge is 0.295 e. The third-order valence-electron chi connectivity index (χ3n) is 7.85. The number of aromatic nitrogens is 3. The molecule has 6 heteroatoms. The molecule has 0 aromatic carbocycles. The van der Waals surface area contributed by atoms with Gasteiger partial charge in [0, 0.05) is 24.3 Å². The second kappa shape index (κ2) is 2.21. The van der Waals surface area contributed by atoms with Crippen LogP contribution in [0, 0.1) is 34.5 Å². The quantitative estimate of drug-likeness (QED) is 0.642. The van der Waals surface area contributed by atoms with Gasteiger partial charge < -0.3 is 0 Å². The van der Waals surface area contributed by atoms with Crippen LogP contribution in [0.4, 0.5) is 0 Å². The minimum atomic E-state index is -0.198. The summed E-state index contributed by atoms with van der Waals surface area (Å²) in [7, 11) is 1.56. The number of allylic oxidation sites excluding steroid dienone is 2. The first kappa shape index (κ1) is 9.97. The van der Waals surface area contributed by atoms with Crippen LogP contribution >= 0.6 is 0 Å². The number of hydrogen-bond donors (Lipinski definition) is 0. The Labute approximate surface area is 118 Å². The van der Waals surface area contributed by atoms with Gasteiger partial charge in [-0.3, -0.25) is 4.79 Å². The summed E-state index contributed by atoms with van der Waals surface area (Å²) >= 11 is 0. The van der Waals surface area contributed by atoms with Gasteiger partial charge >= 0.3 is 11.4 Å². The monoisotopic (exact) mass is 283 g/mol. The zero-order valence-corrected chi connectivity index (χ0v) is 11.4. The molecule has 1 aromatic heterocycles. The van der Waals surface area contributed by atoms with Gasteiger partial charge in [0.2, 0.25) is 0 Å². The van der Waals surface area contributed by atoms with Crippen LogP contribution in [0.3, 0.4) is 0 Å². The number of carbonyl (C=O) groups excluding carboxylic acids is 1. The zero-order chi connectivity index (χ0) is 14.0. The minimum absolute atomic E-state index is 0.00722. The first-order valence-corrected chi connectivity index (χ1v) is 7.69. The number of nitrogens with zero attached hydrogens (tertiary/aromatic N) is 3. The molecule has 21 heavy (non-hydrogen) atoms. The summed E-state index contributed by atoms with van der Waals surface area (Å²) in [6.07, 6.45) is 4.41. The molecule has 2 spiro atoms. The lowest BCUT2D eigenvalue weighted by molar-refractivity contribution is -0.119. The van der Waals surface area contributed by atoms with Gasteiger partial charge in [-0.1, -0.05) is 6.08 Å². The molecule has 0 radical (unpaired) electrons. The lowest BCUT2D eigenvalue weighted by Gasteiger charge is -2.48. The van der Waals surface area contributed by atoms with E-state index >= 15 is 0 Å². The van der Waals surface area contributed by atoms with E-state index in [9.17, 15) is 14.4 Å². The van der Waals surface area contributed by atoms with Gasteiger partial charge in [0.25, 0.3) is 0 Å². The molecule has 1 aromatic rings. The van der Waals surface area contributed by atoms with E-state index in [1.165, 1.54) is 4.57 Å². The van der Waals surface area contributed by atoms with Crippen LogP contribution in [0.5, 0.6) is 0 Å². The molecule has 0 unspecified atom stereocenters. The summed E-state index contributed by atoms with van der Waals surface area (Å²) in [4.78, 5) is 37.0. The first-order chi connectivity index (χ1) is 10.1. The summed E-state index contributed by atoms with van der Waals surface area (Å²) < 4.78 is 4.71. The van der Waals surface area contributed by atoms with Crippen molar-refractivity contribution in [1.82, 2.24) is 13.9 Å². The number of ketones is 1. The summed E-state index contributed by atoms with van der Waals surface area (Å²) in [5, 5.41) is 0. The van der Waals surface area contributed by atoms with Crippen molar-refractivity contribution < 1.29 is 4.79 Å². The van der Waals surface area contributed by atoms with Gasteiger partial charge in [0.05, 0.1) is 12.1 Å². The van der Waals surface area contributed by atoms with Crippen LogP contribution < -0.4 is 11.4 Å². The highest BCUT2D eigenvalue weighted by Crippen LogP contribution is 3.03. The van der Waals surface area contributed by atoms with E-state index in [2.05, 4.69) is 6.08 Å². The average molecular weight is 283 g/mol. The molecular weight excluding hydrogens is 270 g/mol. The molecule has 4 saturated carbocycles. The van der Waals surface area contributed by atoms with E-state index in [4.69, 9.17) is 0 Å². The number of carbonyl (C=O) groups is 1. The van der Waals surface area contributed by atoms with Crippen molar-refractivity contribution in [2.75, 3.05) is 0 Å². The average Bonchev–Trinajstić information content (AvgIpc) is 3.23. The lowest BCUT2D eigenvalue weighted by Crippen LogP contribution is -2.53. The molecule has 4 fully saturated rings. The van der Waals surface area contributed by atoms with E-state index < -0.39 is 0 Å². The van der Waals surface area contributed by atoms with Crippen molar-refractivity contribution >= 4 is 5.78 Å². The summed E-state index contributed by atoms with van der Waals surface area (Å²) in [6, 6.07) is 0.200. The zero-order valence-electron chi connectivity index (χ0n) is 11.4. The van der Waals surface area contributed by atoms with E-state index in [-0.39, 0.29) is 40.1 Å². The Hall–Kier alpha value is -1.85. The Morgan fingerprint density at radius 3 is 2.48 bits per heavy atom. The molecule has 7 aliphatic rings. The highest BCUT2D eigenvalue weighted by atomic mass is 16.2. The Morgan fingerprint density at radius 1 is 1.05 bits per heavy atom. The Kier molecular flexibility index (Phi) is 1.05. The van der Waals surface area contributed by atoms with Crippen molar-refractivity contribution in [3.05, 3.63) is 33.1 Å². The maximum Gasteiger partial charge on any atom is 0.347 e. The second-order valence-electron chi connectivity index (χ2n) is 7.86. The lowest BCUT2D eigenvalue weighted by atomic mass is 9.67. The molecule has 2 aliphatic heterocycles. The predicted molar refractivity (Wildman–Crippen MR) is 69.6 cm³/mol. The van der Waals surface area contributed by atoms with Crippen LogP contribution in [0.2, 0.25) is 0 Å². The molecule has 0 amide bonds. The predicted octanol–water partition coefficient (Wildman–Crippen LogP) is -0.535. The van der Waals surface area contributed by atoms with E-state index in [0.29, 0.717) is 30.1 Å². The highest BCUT2D eigenvalue weighted by molar-refractivity contribution is 5.93. The van der Waals surface area contributed by atoms with Crippen molar-refractivity contribution in [2.24, 2.45) is 41.5 Å². The van der Waals surface area contributed by atoms with Gasteiger partial charge in [-0.25, -0.2) is 23.5 Å². The Morgan fingerprint density at radius 2 is 1.71 bits per heavy atom. The molecular formula is C15H13N3O3. The topological polar surface area (TPSA) is 66.0 Å². The maximum atomic E-state index is 12.5. The Bertz CT molecular complexity index is 964.